The highest BCUT2D eigenvalue weighted by Crippen LogP contribution is 2.28. The molecule has 0 spiro atoms. The Kier molecular flexibility index (Phi) is 5.01. The molecule has 5 heteroatoms. The largest absolute Gasteiger partial charge is 0.495 e. The topological polar surface area (TPSA) is 62.0 Å². The van der Waals surface area contributed by atoms with Crippen molar-refractivity contribution >= 4 is 5.69 Å². The summed E-state index contributed by atoms with van der Waals surface area (Å²) >= 11 is 0. The van der Waals surface area contributed by atoms with Gasteiger partial charge in [-0.15, -0.1) is 0 Å². The first-order valence-electron chi connectivity index (χ1n) is 6.73. The number of piperazine rings is 1. The van der Waals surface area contributed by atoms with Crippen LogP contribution in [0, 0.1) is 0 Å². The van der Waals surface area contributed by atoms with Gasteiger partial charge < -0.3 is 20.5 Å². The lowest BCUT2D eigenvalue weighted by molar-refractivity contribution is 0.115. The predicted octanol–water partition coefficient (Wildman–Crippen LogP) is 0.137. The number of anilines is 1. The van der Waals surface area contributed by atoms with Gasteiger partial charge in [-0.2, -0.15) is 0 Å². The summed E-state index contributed by atoms with van der Waals surface area (Å²) in [4.78, 5) is 4.58. The zero-order chi connectivity index (χ0) is 13.7. The molecule has 1 atom stereocenters. The number of para-hydroxylation sites is 2. The third kappa shape index (κ3) is 3.59. The number of aliphatic hydroxyl groups excluding tert-OH is 1. The maximum atomic E-state index is 9.58. The van der Waals surface area contributed by atoms with Crippen molar-refractivity contribution in [2.75, 3.05) is 51.3 Å². The molecule has 106 valence electrons. The maximum absolute atomic E-state index is 9.58. The fourth-order valence-corrected chi connectivity index (χ4v) is 2.43. The molecule has 1 saturated heterocycles. The van der Waals surface area contributed by atoms with Gasteiger partial charge in [0.05, 0.1) is 18.9 Å². The molecule has 1 fully saturated rings. The van der Waals surface area contributed by atoms with E-state index >= 15 is 0 Å². The first-order valence-corrected chi connectivity index (χ1v) is 6.73. The number of methoxy groups -OCH3 is 1. The van der Waals surface area contributed by atoms with Crippen molar-refractivity contribution in [3.05, 3.63) is 24.3 Å². The van der Waals surface area contributed by atoms with Crippen molar-refractivity contribution in [3.8, 4) is 5.75 Å². The van der Waals surface area contributed by atoms with Gasteiger partial charge in [0.1, 0.15) is 5.75 Å². The van der Waals surface area contributed by atoms with Crippen LogP contribution < -0.4 is 15.4 Å². The van der Waals surface area contributed by atoms with Crippen LogP contribution in [0.3, 0.4) is 0 Å². The first-order chi connectivity index (χ1) is 9.24. The number of benzene rings is 1. The van der Waals surface area contributed by atoms with Crippen LogP contribution >= 0.6 is 0 Å². The minimum Gasteiger partial charge on any atom is -0.495 e. The lowest BCUT2D eigenvalue weighted by Gasteiger charge is -2.37. The zero-order valence-corrected chi connectivity index (χ0v) is 11.5. The molecule has 1 aromatic rings. The number of hydrogen-bond acceptors (Lipinski definition) is 5. The summed E-state index contributed by atoms with van der Waals surface area (Å²) in [5.41, 5.74) is 6.58. The number of ether oxygens (including phenoxy) is 1. The summed E-state index contributed by atoms with van der Waals surface area (Å²) in [6, 6.07) is 8.09. The van der Waals surface area contributed by atoms with Crippen LogP contribution in [0.1, 0.15) is 0 Å². The summed E-state index contributed by atoms with van der Waals surface area (Å²) < 4.78 is 5.40. The second-order valence-electron chi connectivity index (χ2n) is 4.85. The van der Waals surface area contributed by atoms with E-state index in [4.69, 9.17) is 10.5 Å². The molecule has 2 rings (SSSR count). The van der Waals surface area contributed by atoms with E-state index in [9.17, 15) is 5.11 Å². The zero-order valence-electron chi connectivity index (χ0n) is 11.5. The number of nitrogens with zero attached hydrogens (tertiary/aromatic N) is 2. The van der Waals surface area contributed by atoms with Gasteiger partial charge in [-0.3, -0.25) is 4.90 Å². The average molecular weight is 265 g/mol. The summed E-state index contributed by atoms with van der Waals surface area (Å²) in [6.45, 7) is 4.75. The highest BCUT2D eigenvalue weighted by Gasteiger charge is 2.20. The predicted molar refractivity (Wildman–Crippen MR) is 76.7 cm³/mol. The lowest BCUT2D eigenvalue weighted by atomic mass is 10.2. The Morgan fingerprint density at radius 2 is 1.95 bits per heavy atom. The minimum absolute atomic E-state index is 0.326. The van der Waals surface area contributed by atoms with Crippen LogP contribution in [0.5, 0.6) is 5.75 Å². The molecule has 0 radical (unpaired) electrons. The van der Waals surface area contributed by atoms with Gasteiger partial charge in [0.2, 0.25) is 0 Å². The van der Waals surface area contributed by atoms with Gasteiger partial charge in [0.25, 0.3) is 0 Å². The molecule has 0 aromatic heterocycles. The standard InChI is InChI=1S/C14H23N3O2/c1-19-14-5-3-2-4-13(14)17-8-6-16(7-9-17)11-12(18)10-15/h2-5,12,18H,6-11,15H2,1H3/t12-/m0/s1. The van der Waals surface area contributed by atoms with Crippen LogP contribution in [0.2, 0.25) is 0 Å². The number of rotatable bonds is 5. The monoisotopic (exact) mass is 265 g/mol. The summed E-state index contributed by atoms with van der Waals surface area (Å²) in [7, 11) is 1.70. The van der Waals surface area contributed by atoms with E-state index in [2.05, 4.69) is 15.9 Å². The first kappa shape index (κ1) is 14.1. The van der Waals surface area contributed by atoms with Crippen molar-refractivity contribution < 1.29 is 9.84 Å². The van der Waals surface area contributed by atoms with Gasteiger partial charge >= 0.3 is 0 Å². The minimum atomic E-state index is -0.419. The van der Waals surface area contributed by atoms with Crippen LogP contribution in [0.15, 0.2) is 24.3 Å². The van der Waals surface area contributed by atoms with Crippen LogP contribution in [0.25, 0.3) is 0 Å². The maximum Gasteiger partial charge on any atom is 0.142 e. The molecule has 1 aliphatic heterocycles. The number of nitrogens with two attached hydrogens (primary N) is 1. The lowest BCUT2D eigenvalue weighted by Crippen LogP contribution is -2.49. The third-order valence-electron chi connectivity index (χ3n) is 3.54. The van der Waals surface area contributed by atoms with Crippen molar-refractivity contribution in [1.82, 2.24) is 4.90 Å². The van der Waals surface area contributed by atoms with Gasteiger partial charge in [0.15, 0.2) is 0 Å². The van der Waals surface area contributed by atoms with Gasteiger partial charge in [-0.1, -0.05) is 12.1 Å². The van der Waals surface area contributed by atoms with E-state index in [-0.39, 0.29) is 0 Å². The number of aliphatic hydroxyl groups is 1. The highest BCUT2D eigenvalue weighted by molar-refractivity contribution is 5.58. The average Bonchev–Trinajstić information content (AvgIpc) is 2.48. The molecule has 1 aromatic carbocycles. The Balaban J connectivity index is 1.92. The second kappa shape index (κ2) is 6.75. The fraction of sp³-hybridized carbons (Fsp3) is 0.571. The fourth-order valence-electron chi connectivity index (χ4n) is 2.43. The number of β-amino-alcohol motifs (C(OH)–C–C–N with tert-alkyl or cyclic N) is 1. The van der Waals surface area contributed by atoms with Gasteiger partial charge in [-0.05, 0) is 12.1 Å². The van der Waals surface area contributed by atoms with Crippen molar-refractivity contribution in [2.24, 2.45) is 5.73 Å². The molecule has 1 heterocycles. The molecular weight excluding hydrogens is 242 g/mol. The summed E-state index contributed by atoms with van der Waals surface area (Å²) in [5, 5.41) is 9.58. The quantitative estimate of drug-likeness (QED) is 0.793. The van der Waals surface area contributed by atoms with E-state index in [1.165, 1.54) is 0 Å². The molecule has 5 nitrogen and oxygen atoms in total. The highest BCUT2D eigenvalue weighted by atomic mass is 16.5. The van der Waals surface area contributed by atoms with E-state index in [0.717, 1.165) is 37.6 Å². The molecule has 0 aliphatic carbocycles. The Bertz CT molecular complexity index is 392. The SMILES string of the molecule is COc1ccccc1N1CCN(C[C@@H](O)CN)CC1. The molecule has 3 N–H and O–H groups in total. The Morgan fingerprint density at radius 1 is 1.26 bits per heavy atom. The molecule has 0 bridgehead atoms. The van der Waals surface area contributed by atoms with Crippen LogP contribution in [-0.2, 0) is 0 Å². The smallest absolute Gasteiger partial charge is 0.142 e. The van der Waals surface area contributed by atoms with E-state index < -0.39 is 6.10 Å². The van der Waals surface area contributed by atoms with Crippen LogP contribution in [0.4, 0.5) is 5.69 Å². The van der Waals surface area contributed by atoms with E-state index in [1.807, 2.05) is 18.2 Å². The van der Waals surface area contributed by atoms with Gasteiger partial charge in [-0.25, -0.2) is 0 Å². The van der Waals surface area contributed by atoms with E-state index in [0.29, 0.717) is 13.1 Å². The molecule has 0 amide bonds. The molecule has 0 saturated carbocycles. The van der Waals surface area contributed by atoms with Crippen molar-refractivity contribution in [1.29, 1.82) is 0 Å². The molecule has 0 unspecified atom stereocenters. The number of hydrogen-bond donors (Lipinski definition) is 2. The molecule has 19 heavy (non-hydrogen) atoms. The summed E-state index contributed by atoms with van der Waals surface area (Å²) in [5.74, 6) is 0.915. The van der Waals surface area contributed by atoms with Crippen molar-refractivity contribution in [2.45, 2.75) is 6.10 Å². The second-order valence-corrected chi connectivity index (χ2v) is 4.85. The van der Waals surface area contributed by atoms with Crippen LogP contribution in [-0.4, -0.2) is 62.5 Å². The normalized spacial score (nSPS) is 18.4. The van der Waals surface area contributed by atoms with Crippen molar-refractivity contribution in [3.63, 3.8) is 0 Å². The van der Waals surface area contributed by atoms with E-state index in [1.54, 1.807) is 7.11 Å². The third-order valence-corrected chi connectivity index (χ3v) is 3.54. The Hall–Kier alpha value is -1.30. The molecule has 1 aliphatic rings. The summed E-state index contributed by atoms with van der Waals surface area (Å²) in [6.07, 6.45) is -0.419. The van der Waals surface area contributed by atoms with Gasteiger partial charge in [0, 0.05) is 39.3 Å². The Morgan fingerprint density at radius 3 is 2.58 bits per heavy atom. The molecular formula is C14H23N3O2. The Labute approximate surface area is 114 Å².